The molecule has 3 rings (SSSR count). The molecule has 1 aromatic heterocycles. The molecule has 0 aliphatic heterocycles. The number of halogens is 1. The highest BCUT2D eigenvalue weighted by Crippen LogP contribution is 2.18. The maximum absolute atomic E-state index is 12.4. The van der Waals surface area contributed by atoms with Crippen LogP contribution in [0.5, 0.6) is 0 Å². The van der Waals surface area contributed by atoms with E-state index < -0.39 is 0 Å². The number of hydrogen-bond donors (Lipinski definition) is 2. The maximum atomic E-state index is 12.4. The minimum Gasteiger partial charge on any atom is -0.352 e. The highest BCUT2D eigenvalue weighted by Gasteiger charge is 2.18. The molecule has 0 saturated heterocycles. The first-order chi connectivity index (χ1) is 12.5. The minimum atomic E-state index is -0.287. The fourth-order valence-electron chi connectivity index (χ4n) is 3.26. The molecule has 0 unspecified atom stereocenters. The molecule has 0 bridgehead atoms. The summed E-state index contributed by atoms with van der Waals surface area (Å²) >= 11 is 3.40. The van der Waals surface area contributed by atoms with Gasteiger partial charge in [0.2, 0.25) is 5.91 Å². The summed E-state index contributed by atoms with van der Waals surface area (Å²) < 4.78 is 2.69. The van der Waals surface area contributed by atoms with Gasteiger partial charge in [0, 0.05) is 10.5 Å². The van der Waals surface area contributed by atoms with Crippen molar-refractivity contribution in [1.29, 1.82) is 0 Å². The third-order valence-corrected chi connectivity index (χ3v) is 5.23. The van der Waals surface area contributed by atoms with E-state index in [9.17, 15) is 9.59 Å². The first-order valence-corrected chi connectivity index (χ1v) is 9.72. The monoisotopic (exact) mass is 418 g/mol. The topological polar surface area (TPSA) is 76.0 Å². The van der Waals surface area contributed by atoms with Gasteiger partial charge in [-0.15, -0.1) is 0 Å². The number of hydrogen-bond acceptors (Lipinski definition) is 3. The van der Waals surface area contributed by atoms with Crippen LogP contribution in [0.4, 0.5) is 0 Å². The fourth-order valence-corrected chi connectivity index (χ4v) is 3.52. The molecule has 138 valence electrons. The number of rotatable bonds is 5. The van der Waals surface area contributed by atoms with Crippen LogP contribution in [0.1, 0.15) is 48.2 Å². The van der Waals surface area contributed by atoms with Gasteiger partial charge in [0.05, 0.1) is 29.7 Å². The van der Waals surface area contributed by atoms with Crippen LogP contribution < -0.4 is 10.6 Å². The Morgan fingerprint density at radius 3 is 2.58 bits per heavy atom. The Morgan fingerprint density at radius 1 is 1.19 bits per heavy atom. The molecule has 1 saturated carbocycles. The number of aromatic nitrogens is 2. The van der Waals surface area contributed by atoms with Gasteiger partial charge in [-0.1, -0.05) is 35.2 Å². The Kier molecular flexibility index (Phi) is 6.08. The predicted octanol–water partition coefficient (Wildman–Crippen LogP) is 3.12. The largest absolute Gasteiger partial charge is 0.352 e. The number of amides is 2. The van der Waals surface area contributed by atoms with Gasteiger partial charge >= 0.3 is 0 Å². The van der Waals surface area contributed by atoms with E-state index in [0.29, 0.717) is 5.56 Å². The highest BCUT2D eigenvalue weighted by atomic mass is 79.9. The third-order valence-electron chi connectivity index (χ3n) is 4.71. The number of carbonyl (C=O) groups is 2. The zero-order valence-corrected chi connectivity index (χ0v) is 16.4. The van der Waals surface area contributed by atoms with Crippen molar-refractivity contribution in [3.05, 3.63) is 46.2 Å². The molecule has 0 radical (unpaired) electrons. The Bertz CT molecular complexity index is 779. The predicted molar refractivity (Wildman–Crippen MR) is 103 cm³/mol. The molecule has 2 amide bonds. The first-order valence-electron chi connectivity index (χ1n) is 8.92. The molecule has 1 fully saturated rings. The van der Waals surface area contributed by atoms with Crippen molar-refractivity contribution in [2.45, 2.75) is 45.1 Å². The number of nitrogens with zero attached hydrogens (tertiary/aromatic N) is 2. The normalized spacial score (nSPS) is 14.8. The Balaban J connectivity index is 1.58. The van der Waals surface area contributed by atoms with Gasteiger partial charge in [-0.25, -0.2) is 4.68 Å². The summed E-state index contributed by atoms with van der Waals surface area (Å²) in [5, 5.41) is 9.99. The van der Waals surface area contributed by atoms with Crippen molar-refractivity contribution in [1.82, 2.24) is 20.4 Å². The maximum Gasteiger partial charge on any atom is 0.255 e. The highest BCUT2D eigenvalue weighted by molar-refractivity contribution is 9.10. The third kappa shape index (κ3) is 4.52. The van der Waals surface area contributed by atoms with E-state index >= 15 is 0 Å². The minimum absolute atomic E-state index is 0.0156. The molecule has 1 aliphatic rings. The fraction of sp³-hybridized carbons (Fsp3) is 0.421. The van der Waals surface area contributed by atoms with Crippen LogP contribution in [0.15, 0.2) is 34.9 Å². The lowest BCUT2D eigenvalue weighted by atomic mass is 9.95. The van der Waals surface area contributed by atoms with Gasteiger partial charge in [0.25, 0.3) is 5.91 Å². The van der Waals surface area contributed by atoms with Crippen LogP contribution in [0.2, 0.25) is 0 Å². The lowest BCUT2D eigenvalue weighted by Crippen LogP contribution is -2.42. The zero-order chi connectivity index (χ0) is 18.5. The summed E-state index contributed by atoms with van der Waals surface area (Å²) in [6, 6.07) is 7.93. The lowest BCUT2D eigenvalue weighted by molar-refractivity contribution is -0.121. The molecule has 0 atom stereocenters. The SMILES string of the molecule is Cc1c(C(=O)NCC(=O)NC2CCCCC2)cnn1-c1ccc(Br)cc1. The zero-order valence-electron chi connectivity index (χ0n) is 14.8. The molecular formula is C19H23BrN4O2. The number of benzene rings is 1. The Hall–Kier alpha value is -2.15. The Morgan fingerprint density at radius 2 is 1.88 bits per heavy atom. The van der Waals surface area contributed by atoms with Gasteiger partial charge in [-0.2, -0.15) is 5.10 Å². The second-order valence-corrected chi connectivity index (χ2v) is 7.53. The van der Waals surface area contributed by atoms with Gasteiger partial charge in [-0.3, -0.25) is 9.59 Å². The quantitative estimate of drug-likeness (QED) is 0.782. The first kappa shape index (κ1) is 18.6. The van der Waals surface area contributed by atoms with Crippen LogP contribution in [-0.4, -0.2) is 34.2 Å². The molecule has 0 spiro atoms. The summed E-state index contributed by atoms with van der Waals surface area (Å²) in [4.78, 5) is 24.4. The van der Waals surface area contributed by atoms with Crippen LogP contribution in [-0.2, 0) is 4.79 Å². The summed E-state index contributed by atoms with van der Waals surface area (Å²) in [6.45, 7) is 1.82. The summed E-state index contributed by atoms with van der Waals surface area (Å²) in [5.74, 6) is -0.423. The van der Waals surface area contributed by atoms with Crippen LogP contribution in [0.3, 0.4) is 0 Å². The van der Waals surface area contributed by atoms with Crippen LogP contribution in [0, 0.1) is 6.92 Å². The second kappa shape index (κ2) is 8.49. The smallest absolute Gasteiger partial charge is 0.255 e. The lowest BCUT2D eigenvalue weighted by Gasteiger charge is -2.22. The van der Waals surface area contributed by atoms with Gasteiger partial charge in [-0.05, 0) is 44.0 Å². The molecule has 1 aromatic carbocycles. The van der Waals surface area contributed by atoms with Gasteiger partial charge < -0.3 is 10.6 Å². The van der Waals surface area contributed by atoms with E-state index in [2.05, 4.69) is 31.7 Å². The molecule has 2 N–H and O–H groups in total. The van der Waals surface area contributed by atoms with Gasteiger partial charge in [0.15, 0.2) is 0 Å². The average molecular weight is 419 g/mol. The summed E-state index contributed by atoms with van der Waals surface area (Å²) in [5.41, 5.74) is 2.08. The van der Waals surface area contributed by atoms with E-state index in [-0.39, 0.29) is 24.4 Å². The molecule has 2 aromatic rings. The number of carbonyl (C=O) groups excluding carboxylic acids is 2. The van der Waals surface area contributed by atoms with Crippen molar-refractivity contribution in [2.24, 2.45) is 0 Å². The Labute approximate surface area is 161 Å². The van der Waals surface area contributed by atoms with Crippen LogP contribution in [0.25, 0.3) is 5.69 Å². The summed E-state index contributed by atoms with van der Waals surface area (Å²) in [7, 11) is 0. The molecular weight excluding hydrogens is 396 g/mol. The van der Waals surface area contributed by atoms with E-state index in [1.165, 1.54) is 12.6 Å². The van der Waals surface area contributed by atoms with Crippen molar-refractivity contribution < 1.29 is 9.59 Å². The molecule has 26 heavy (non-hydrogen) atoms. The van der Waals surface area contributed by atoms with Gasteiger partial charge in [0.1, 0.15) is 0 Å². The van der Waals surface area contributed by atoms with E-state index in [1.54, 1.807) is 4.68 Å². The average Bonchev–Trinajstić information content (AvgIpc) is 3.03. The van der Waals surface area contributed by atoms with Crippen molar-refractivity contribution >= 4 is 27.7 Å². The molecule has 1 aliphatic carbocycles. The molecule has 7 heteroatoms. The molecule has 6 nitrogen and oxygen atoms in total. The summed E-state index contributed by atoms with van der Waals surface area (Å²) in [6.07, 6.45) is 7.14. The number of nitrogens with one attached hydrogen (secondary N) is 2. The van der Waals surface area contributed by atoms with E-state index in [0.717, 1.165) is 41.5 Å². The second-order valence-electron chi connectivity index (χ2n) is 6.62. The molecule has 1 heterocycles. The standard InChI is InChI=1S/C19H23BrN4O2/c1-13-17(11-22-24(13)16-9-7-14(20)8-10-16)19(26)21-12-18(25)23-15-5-3-2-4-6-15/h7-11,15H,2-6,12H2,1H3,(H,21,26)(H,23,25). The van der Waals surface area contributed by atoms with Crippen molar-refractivity contribution in [3.8, 4) is 5.69 Å². The van der Waals surface area contributed by atoms with E-state index in [4.69, 9.17) is 0 Å². The van der Waals surface area contributed by atoms with Crippen molar-refractivity contribution in [2.75, 3.05) is 6.54 Å². The van der Waals surface area contributed by atoms with Crippen molar-refractivity contribution in [3.63, 3.8) is 0 Å². The van der Waals surface area contributed by atoms with E-state index in [1.807, 2.05) is 31.2 Å². The van der Waals surface area contributed by atoms with Crippen LogP contribution >= 0.6 is 15.9 Å².